The molecule has 0 aliphatic rings. The lowest BCUT2D eigenvalue weighted by molar-refractivity contribution is -0.124. The SMILES string of the molecule is C[C@@H](NC(=O)[C@H](C)n1cccn1)c1ccc(Cl)cc1Cl. The molecular formula is C14H15Cl2N3O. The summed E-state index contributed by atoms with van der Waals surface area (Å²) in [6, 6.07) is 6.43. The molecular weight excluding hydrogens is 297 g/mol. The van der Waals surface area contributed by atoms with Crippen molar-refractivity contribution >= 4 is 29.1 Å². The maximum atomic E-state index is 12.2. The van der Waals surface area contributed by atoms with Crippen LogP contribution in [0.1, 0.15) is 31.5 Å². The Morgan fingerprint density at radius 1 is 1.35 bits per heavy atom. The first-order valence-corrected chi connectivity index (χ1v) is 6.99. The lowest BCUT2D eigenvalue weighted by Gasteiger charge is -2.19. The first-order chi connectivity index (χ1) is 9.49. The quantitative estimate of drug-likeness (QED) is 0.937. The molecule has 1 amide bonds. The van der Waals surface area contributed by atoms with E-state index in [-0.39, 0.29) is 18.0 Å². The van der Waals surface area contributed by atoms with Crippen LogP contribution in [0.4, 0.5) is 0 Å². The summed E-state index contributed by atoms with van der Waals surface area (Å²) < 4.78 is 1.60. The van der Waals surface area contributed by atoms with Gasteiger partial charge in [0, 0.05) is 22.4 Å². The standard InChI is InChI=1S/C14H15Cl2N3O/c1-9(12-5-4-11(15)8-13(12)16)18-14(20)10(2)19-7-3-6-17-19/h3-10H,1-2H3,(H,18,20)/t9-,10+/m1/s1. The highest BCUT2D eigenvalue weighted by molar-refractivity contribution is 6.35. The van der Waals surface area contributed by atoms with Gasteiger partial charge in [0.2, 0.25) is 5.91 Å². The highest BCUT2D eigenvalue weighted by atomic mass is 35.5. The molecule has 4 nitrogen and oxygen atoms in total. The number of halogens is 2. The van der Waals surface area contributed by atoms with E-state index < -0.39 is 0 Å². The van der Waals surface area contributed by atoms with Gasteiger partial charge in [-0.15, -0.1) is 0 Å². The Morgan fingerprint density at radius 2 is 2.10 bits per heavy atom. The molecule has 20 heavy (non-hydrogen) atoms. The minimum absolute atomic E-state index is 0.118. The van der Waals surface area contributed by atoms with Crippen LogP contribution in [0.25, 0.3) is 0 Å². The summed E-state index contributed by atoms with van der Waals surface area (Å²) >= 11 is 12.0. The second kappa shape index (κ2) is 6.29. The molecule has 1 aromatic carbocycles. The first kappa shape index (κ1) is 14.9. The highest BCUT2D eigenvalue weighted by Gasteiger charge is 2.19. The number of amides is 1. The van der Waals surface area contributed by atoms with Gasteiger partial charge in [0.15, 0.2) is 0 Å². The molecule has 0 fully saturated rings. The van der Waals surface area contributed by atoms with Crippen LogP contribution in [0.5, 0.6) is 0 Å². The third-order valence-corrected chi connectivity index (χ3v) is 3.65. The number of carbonyl (C=O) groups is 1. The zero-order valence-electron chi connectivity index (χ0n) is 11.2. The Bertz CT molecular complexity index is 598. The fourth-order valence-electron chi connectivity index (χ4n) is 1.89. The van der Waals surface area contributed by atoms with Crippen LogP contribution in [-0.2, 0) is 4.79 Å². The predicted octanol–water partition coefficient (Wildman–Crippen LogP) is 3.63. The van der Waals surface area contributed by atoms with Crippen LogP contribution in [0, 0.1) is 0 Å². The maximum absolute atomic E-state index is 12.2. The maximum Gasteiger partial charge on any atom is 0.245 e. The molecule has 2 atom stereocenters. The minimum Gasteiger partial charge on any atom is -0.348 e. The summed E-state index contributed by atoms with van der Waals surface area (Å²) in [6.45, 7) is 3.67. The van der Waals surface area contributed by atoms with Crippen LogP contribution in [0.2, 0.25) is 10.0 Å². The average molecular weight is 312 g/mol. The highest BCUT2D eigenvalue weighted by Crippen LogP contribution is 2.26. The molecule has 0 aliphatic carbocycles. The molecule has 1 aromatic heterocycles. The van der Waals surface area contributed by atoms with E-state index in [2.05, 4.69) is 10.4 Å². The van der Waals surface area contributed by atoms with Crippen LogP contribution in [-0.4, -0.2) is 15.7 Å². The third kappa shape index (κ3) is 3.32. The van der Waals surface area contributed by atoms with Crippen molar-refractivity contribution in [2.75, 3.05) is 0 Å². The van der Waals surface area contributed by atoms with E-state index in [4.69, 9.17) is 23.2 Å². The second-order valence-corrected chi connectivity index (χ2v) is 5.40. The van der Waals surface area contributed by atoms with E-state index in [9.17, 15) is 4.79 Å². The van der Waals surface area contributed by atoms with Gasteiger partial charge in [0.05, 0.1) is 6.04 Å². The lowest BCUT2D eigenvalue weighted by atomic mass is 10.1. The van der Waals surface area contributed by atoms with Gasteiger partial charge in [0.25, 0.3) is 0 Å². The van der Waals surface area contributed by atoms with Crippen molar-refractivity contribution in [2.45, 2.75) is 25.9 Å². The van der Waals surface area contributed by atoms with Gasteiger partial charge < -0.3 is 5.32 Å². The third-order valence-electron chi connectivity index (χ3n) is 3.09. The van der Waals surface area contributed by atoms with Crippen molar-refractivity contribution in [3.05, 3.63) is 52.3 Å². The Hall–Kier alpha value is -1.52. The van der Waals surface area contributed by atoms with Gasteiger partial charge in [-0.2, -0.15) is 5.10 Å². The van der Waals surface area contributed by atoms with E-state index >= 15 is 0 Å². The molecule has 1 N–H and O–H groups in total. The van der Waals surface area contributed by atoms with Crippen molar-refractivity contribution < 1.29 is 4.79 Å². The van der Waals surface area contributed by atoms with Crippen LogP contribution >= 0.6 is 23.2 Å². The zero-order chi connectivity index (χ0) is 14.7. The zero-order valence-corrected chi connectivity index (χ0v) is 12.7. The number of aromatic nitrogens is 2. The van der Waals surface area contributed by atoms with Crippen LogP contribution < -0.4 is 5.32 Å². The summed E-state index contributed by atoms with van der Waals surface area (Å²) in [7, 11) is 0. The van der Waals surface area contributed by atoms with Crippen LogP contribution in [0.15, 0.2) is 36.7 Å². The predicted molar refractivity (Wildman–Crippen MR) is 80.0 cm³/mol. The normalized spacial score (nSPS) is 13.8. The fraction of sp³-hybridized carbons (Fsp3) is 0.286. The van der Waals surface area contributed by atoms with Gasteiger partial charge >= 0.3 is 0 Å². The van der Waals surface area contributed by atoms with E-state index in [0.29, 0.717) is 10.0 Å². The Morgan fingerprint density at radius 3 is 2.70 bits per heavy atom. The Balaban J connectivity index is 2.07. The number of nitrogens with zero attached hydrogens (tertiary/aromatic N) is 2. The van der Waals surface area contributed by atoms with Crippen molar-refractivity contribution in [3.8, 4) is 0 Å². The summed E-state index contributed by atoms with van der Waals surface area (Å²) in [5, 5.41) is 8.09. The largest absolute Gasteiger partial charge is 0.348 e. The molecule has 1 heterocycles. The molecule has 0 radical (unpaired) electrons. The summed E-state index contributed by atoms with van der Waals surface area (Å²) in [4.78, 5) is 12.2. The number of hydrogen-bond acceptors (Lipinski definition) is 2. The molecule has 106 valence electrons. The topological polar surface area (TPSA) is 46.9 Å². The van der Waals surface area contributed by atoms with E-state index in [1.54, 1.807) is 42.2 Å². The smallest absolute Gasteiger partial charge is 0.245 e. The second-order valence-electron chi connectivity index (χ2n) is 4.56. The summed E-state index contributed by atoms with van der Waals surface area (Å²) in [6.07, 6.45) is 3.40. The summed E-state index contributed by atoms with van der Waals surface area (Å²) in [5.41, 5.74) is 0.831. The first-order valence-electron chi connectivity index (χ1n) is 6.23. The Labute approximate surface area is 127 Å². The van der Waals surface area contributed by atoms with Gasteiger partial charge in [-0.1, -0.05) is 29.3 Å². The van der Waals surface area contributed by atoms with Crippen molar-refractivity contribution in [1.82, 2.24) is 15.1 Å². The average Bonchev–Trinajstić information content (AvgIpc) is 2.91. The van der Waals surface area contributed by atoms with Crippen molar-refractivity contribution in [3.63, 3.8) is 0 Å². The van der Waals surface area contributed by atoms with Crippen molar-refractivity contribution in [1.29, 1.82) is 0 Å². The number of benzene rings is 1. The summed E-state index contributed by atoms with van der Waals surface area (Å²) in [5.74, 6) is -0.118. The molecule has 0 unspecified atom stereocenters. The fourth-order valence-corrected chi connectivity index (χ4v) is 2.47. The van der Waals surface area contributed by atoms with Gasteiger partial charge in [-0.05, 0) is 37.6 Å². The Kier molecular flexibility index (Phi) is 4.68. The minimum atomic E-state index is -0.376. The van der Waals surface area contributed by atoms with E-state index in [1.165, 1.54) is 0 Å². The van der Waals surface area contributed by atoms with Gasteiger partial charge in [-0.25, -0.2) is 0 Å². The molecule has 2 rings (SSSR count). The van der Waals surface area contributed by atoms with Gasteiger partial charge in [0.1, 0.15) is 6.04 Å². The van der Waals surface area contributed by atoms with E-state index in [0.717, 1.165) is 5.56 Å². The van der Waals surface area contributed by atoms with E-state index in [1.807, 2.05) is 13.0 Å². The number of nitrogens with one attached hydrogen (secondary N) is 1. The molecule has 0 saturated carbocycles. The molecule has 0 bridgehead atoms. The molecule has 0 spiro atoms. The number of rotatable bonds is 4. The number of hydrogen-bond donors (Lipinski definition) is 1. The molecule has 0 aliphatic heterocycles. The van der Waals surface area contributed by atoms with Crippen molar-refractivity contribution in [2.24, 2.45) is 0 Å². The molecule has 6 heteroatoms. The molecule has 2 aromatic rings. The number of carbonyl (C=O) groups excluding carboxylic acids is 1. The van der Waals surface area contributed by atoms with Gasteiger partial charge in [-0.3, -0.25) is 9.48 Å². The molecule has 0 saturated heterocycles. The van der Waals surface area contributed by atoms with Crippen LogP contribution in [0.3, 0.4) is 0 Å². The lowest BCUT2D eigenvalue weighted by Crippen LogP contribution is -2.33. The monoisotopic (exact) mass is 311 g/mol.